The fourth-order valence-electron chi connectivity index (χ4n) is 16.7. The molecule has 8 aromatic heterocycles. The van der Waals surface area contributed by atoms with E-state index in [1.807, 2.05) is 45.3 Å². The van der Waals surface area contributed by atoms with E-state index in [0.717, 1.165) is 108 Å². The van der Waals surface area contributed by atoms with E-state index in [1.54, 1.807) is 45.3 Å². The van der Waals surface area contributed by atoms with Crippen molar-refractivity contribution in [2.75, 3.05) is 0 Å². The summed E-state index contributed by atoms with van der Waals surface area (Å²) in [6, 6.07) is 61.2. The van der Waals surface area contributed by atoms with Gasteiger partial charge in [0.1, 0.15) is 0 Å². The average molecular weight is 1580 g/mol. The van der Waals surface area contributed by atoms with Gasteiger partial charge < -0.3 is 35.1 Å². The molecule has 0 amide bonds. The molecule has 0 aliphatic carbocycles. The molecule has 0 radical (unpaired) electrons. The maximum atomic E-state index is 6.09. The number of rotatable bonds is 6. The zero-order valence-electron chi connectivity index (χ0n) is 61.6. The van der Waals surface area contributed by atoms with Crippen molar-refractivity contribution in [3.05, 3.63) is 256 Å². The first-order valence-electron chi connectivity index (χ1n) is 35.9. The third-order valence-electron chi connectivity index (χ3n) is 22.0. The van der Waals surface area contributed by atoms with Crippen LogP contribution in [0.5, 0.6) is 0 Å². The molecule has 20 heteroatoms. The van der Waals surface area contributed by atoms with Gasteiger partial charge in [-0.05, 0) is 187 Å². The predicted molar refractivity (Wildman–Crippen MR) is 478 cm³/mol. The van der Waals surface area contributed by atoms with Crippen molar-refractivity contribution in [2.45, 2.75) is 69.2 Å². The SMILES string of the molecule is Cc1ccc(-c2cc3/c(=N\N)c4c(C)c5c(c(C)c4c3s2)/c(=N/N)c2cc(-c3ccc(C)cc3)sc25)cc1.Cc1ccc(-c2cc3/c(=N\N)c4c(C)c5c(c(C)c4c3s2)/c(=N/N)c2cc(-c3ccc(C)s3)sc25)s1.Cc1ccc(-c2cc3/c(=N\N)c4cc5c(cc4c3s2)/c(=N/N)c2cc(-c3ccc(C)cc3)sc25)cc1. The zero-order valence-corrected chi connectivity index (χ0v) is 68.1. The van der Waals surface area contributed by atoms with Crippen LogP contribution in [0.25, 0.3) is 186 Å². The molecule has 0 atom stereocenters. The Hall–Kier alpha value is -11.0. The molecule has 0 unspecified atom stereocenters. The van der Waals surface area contributed by atoms with Gasteiger partial charge in [0.05, 0.1) is 32.1 Å². The monoisotopic (exact) mass is 1570 g/mol. The fourth-order valence-corrected chi connectivity index (χ4v) is 26.1. The minimum atomic E-state index is 0.840. The molecular formula is C90H70N12S8. The summed E-state index contributed by atoms with van der Waals surface area (Å²) < 4.78 is 7.30. The van der Waals surface area contributed by atoms with Gasteiger partial charge >= 0.3 is 0 Å². The van der Waals surface area contributed by atoms with Crippen LogP contribution in [0, 0.1) is 69.2 Å². The largest absolute Gasteiger partial charge is 0.323 e. The predicted octanol–water partition coefficient (Wildman–Crippen LogP) is 21.7. The lowest BCUT2D eigenvalue weighted by atomic mass is 9.98. The highest BCUT2D eigenvalue weighted by Crippen LogP contribution is 2.50. The number of benzene rings is 7. The van der Waals surface area contributed by atoms with Gasteiger partial charge in [0.25, 0.3) is 0 Å². The lowest BCUT2D eigenvalue weighted by molar-refractivity contribution is 1.17. The summed E-state index contributed by atoms with van der Waals surface area (Å²) in [7, 11) is 0. The molecule has 12 N–H and O–H groups in total. The Balaban J connectivity index is 0.000000112. The van der Waals surface area contributed by atoms with Crippen LogP contribution >= 0.6 is 90.7 Å². The molecule has 21 rings (SSSR count). The molecule has 0 fully saturated rings. The molecular weight excluding hydrogens is 1510 g/mol. The highest BCUT2D eigenvalue weighted by atomic mass is 32.1. The maximum Gasteiger partial charge on any atom is 0.0995 e. The molecule has 0 saturated heterocycles. The lowest BCUT2D eigenvalue weighted by Gasteiger charge is -2.07. The summed E-state index contributed by atoms with van der Waals surface area (Å²) in [6.07, 6.45) is 0. The summed E-state index contributed by atoms with van der Waals surface area (Å²) in [4.78, 5) is 12.5. The molecule has 0 aliphatic heterocycles. The lowest BCUT2D eigenvalue weighted by Crippen LogP contribution is -2.07. The minimum absolute atomic E-state index is 0.840. The van der Waals surface area contributed by atoms with Crippen LogP contribution in [0.1, 0.15) is 54.3 Å². The third kappa shape index (κ3) is 10.5. The second-order valence-electron chi connectivity index (χ2n) is 28.7. The molecule has 0 spiro atoms. The normalized spacial score (nSPS) is 13.4. The van der Waals surface area contributed by atoms with Crippen molar-refractivity contribution in [1.29, 1.82) is 0 Å². The van der Waals surface area contributed by atoms with Crippen LogP contribution in [0.4, 0.5) is 0 Å². The number of aryl methyl sites for hydroxylation is 10. The first kappa shape index (κ1) is 69.4. The molecule has 12 nitrogen and oxygen atoms in total. The molecule has 0 aliphatic rings. The van der Waals surface area contributed by atoms with Crippen molar-refractivity contribution in [1.82, 2.24) is 0 Å². The summed E-state index contributed by atoms with van der Waals surface area (Å²) in [5.74, 6) is 36.2. The van der Waals surface area contributed by atoms with Crippen molar-refractivity contribution in [3.63, 3.8) is 0 Å². The van der Waals surface area contributed by atoms with E-state index in [4.69, 9.17) is 35.1 Å². The molecule has 0 bridgehead atoms. The topological polar surface area (TPSA) is 230 Å². The van der Waals surface area contributed by atoms with Crippen molar-refractivity contribution >= 4 is 216 Å². The van der Waals surface area contributed by atoms with Crippen molar-refractivity contribution in [2.24, 2.45) is 65.7 Å². The van der Waals surface area contributed by atoms with Gasteiger partial charge in [0, 0.05) is 174 Å². The van der Waals surface area contributed by atoms with E-state index < -0.39 is 0 Å². The number of fused-ring (bicyclic) bond motifs is 18. The number of nitrogens with zero attached hydrogens (tertiary/aromatic N) is 6. The minimum Gasteiger partial charge on any atom is -0.323 e. The number of nitrogens with two attached hydrogens (primary N) is 6. The van der Waals surface area contributed by atoms with Gasteiger partial charge in [-0.1, -0.05) is 119 Å². The van der Waals surface area contributed by atoms with Crippen LogP contribution in [0.2, 0.25) is 0 Å². The van der Waals surface area contributed by atoms with Crippen LogP contribution in [0.15, 0.2) is 200 Å². The van der Waals surface area contributed by atoms with E-state index in [1.165, 1.54) is 165 Å². The Morgan fingerprint density at radius 1 is 0.191 bits per heavy atom. The summed E-state index contributed by atoms with van der Waals surface area (Å²) in [5.41, 5.74) is 14.6. The third-order valence-corrected chi connectivity index (χ3v) is 31.6. The highest BCUT2D eigenvalue weighted by Gasteiger charge is 2.28. The van der Waals surface area contributed by atoms with Crippen molar-refractivity contribution in [3.8, 4) is 61.3 Å². The van der Waals surface area contributed by atoms with Gasteiger partial charge in [-0.3, -0.25) is 0 Å². The molecule has 0 saturated carbocycles. The Morgan fingerprint density at radius 2 is 0.418 bits per heavy atom. The Morgan fingerprint density at radius 3 is 0.655 bits per heavy atom. The number of hydrogen-bond donors (Lipinski definition) is 6. The van der Waals surface area contributed by atoms with E-state index in [2.05, 4.69) is 270 Å². The van der Waals surface area contributed by atoms with Gasteiger partial charge in [-0.2, -0.15) is 30.6 Å². The number of thiophene rings is 8. The first-order chi connectivity index (χ1) is 53.4. The summed E-state index contributed by atoms with van der Waals surface area (Å²) in [5, 5.41) is 51.5. The molecule has 538 valence electrons. The quantitative estimate of drug-likeness (QED) is 0.0700. The Labute approximate surface area is 662 Å². The summed E-state index contributed by atoms with van der Waals surface area (Å²) >= 11 is 14.4. The van der Waals surface area contributed by atoms with Crippen LogP contribution in [-0.2, 0) is 0 Å². The average Bonchev–Trinajstić information content (AvgIpc) is 1.54. The molecule has 8 heterocycles. The zero-order chi connectivity index (χ0) is 75.7. The second kappa shape index (κ2) is 26.3. The fraction of sp³-hybridized carbons (Fsp3) is 0.111. The molecule has 13 aromatic carbocycles. The van der Waals surface area contributed by atoms with E-state index in [0.29, 0.717) is 0 Å². The van der Waals surface area contributed by atoms with Crippen LogP contribution in [0.3, 0.4) is 0 Å². The van der Waals surface area contributed by atoms with Gasteiger partial charge in [-0.15, -0.1) is 90.7 Å². The van der Waals surface area contributed by atoms with Gasteiger partial charge in [0.2, 0.25) is 0 Å². The van der Waals surface area contributed by atoms with Crippen LogP contribution in [-0.4, -0.2) is 0 Å². The molecule has 110 heavy (non-hydrogen) atoms. The smallest absolute Gasteiger partial charge is 0.0995 e. The second-order valence-corrected chi connectivity index (χ2v) is 37.6. The van der Waals surface area contributed by atoms with Crippen molar-refractivity contribution < 1.29 is 0 Å². The summed E-state index contributed by atoms with van der Waals surface area (Å²) in [6.45, 7) is 21.5. The van der Waals surface area contributed by atoms with E-state index >= 15 is 0 Å². The standard InChI is InChI=1S/C32H26N4S2.C30H22N4S2.C28H22N4S4/c1-15-5-9-19(10-6-15)23-13-21-29(35-33)25-18(4)28-26(17(3)27(25)31(21)37-23)30(36-34)22-14-24(38-32(22)28)20-11-7-16(2)8-12-20;1-15-3-7-17(8-4-15)25-13-23-27(33-31)19-12-22-20(11-21(19)29(23)35-25)28(34-32)24-14-26(36-30(22)24)18-9-5-16(2)6-10-18;1-11-5-7-17(33-11)19-9-15-25(31-29)21-14(4)24-22(13(3)23(21)27(15)35-19)26(32-30)16-10-20(36-28(16)24)18-8-6-12(2)34-18/h5-14H,33-34H2,1-4H3;3-14H,31-32H2,1-2H3;5-10H,29-30H2,1-4H3/b35-29+,36-30+;33-27-,34-28-;31-25+,32-26+. The van der Waals surface area contributed by atoms with Gasteiger partial charge in [-0.25, -0.2) is 0 Å². The first-order valence-corrected chi connectivity index (χ1v) is 42.4. The van der Waals surface area contributed by atoms with E-state index in [-0.39, 0.29) is 0 Å². The Bertz CT molecular complexity index is 7360. The Kier molecular flexibility index (Phi) is 16.6. The van der Waals surface area contributed by atoms with Gasteiger partial charge in [0.15, 0.2) is 0 Å². The van der Waals surface area contributed by atoms with Crippen LogP contribution < -0.4 is 67.2 Å². The number of hydrogen-bond acceptors (Lipinski definition) is 20. The maximum absolute atomic E-state index is 6.09. The molecule has 21 aromatic rings. The van der Waals surface area contributed by atoms with E-state index in [9.17, 15) is 0 Å². The highest BCUT2D eigenvalue weighted by molar-refractivity contribution is 7.28.